The lowest BCUT2D eigenvalue weighted by atomic mass is 10.2. The van der Waals surface area contributed by atoms with Crippen molar-refractivity contribution in [3.05, 3.63) is 47.3 Å². The molecule has 0 aliphatic rings. The van der Waals surface area contributed by atoms with Gasteiger partial charge in [0.2, 0.25) is 15.9 Å². The fourth-order valence-electron chi connectivity index (χ4n) is 2.10. The third-order valence-electron chi connectivity index (χ3n) is 3.72. The van der Waals surface area contributed by atoms with E-state index in [0.717, 1.165) is 19.9 Å². The number of benzene rings is 1. The van der Waals surface area contributed by atoms with E-state index in [1.165, 1.54) is 39.3 Å². The molecule has 27 heavy (non-hydrogen) atoms. The Balaban J connectivity index is 1.94. The lowest BCUT2D eigenvalue weighted by molar-refractivity contribution is -0.121. The van der Waals surface area contributed by atoms with Gasteiger partial charge in [0, 0.05) is 27.7 Å². The number of hydrogen-bond donors (Lipinski definition) is 1. The molecule has 1 amide bonds. The molecule has 0 spiro atoms. The third kappa shape index (κ3) is 5.14. The predicted molar refractivity (Wildman–Crippen MR) is 103 cm³/mol. The SMILES string of the molecule is CN(C)S(=O)(=O)c1ccc(CNC(=O)CN(C)S(=O)(=O)c2cccs2)cc1. The number of nitrogens with one attached hydrogen (secondary N) is 1. The van der Waals surface area contributed by atoms with Crippen molar-refractivity contribution in [2.75, 3.05) is 27.7 Å². The topological polar surface area (TPSA) is 104 Å². The first-order chi connectivity index (χ1) is 12.5. The highest BCUT2D eigenvalue weighted by molar-refractivity contribution is 7.91. The second-order valence-corrected chi connectivity index (χ2v) is 11.3. The molecule has 0 saturated heterocycles. The Hall–Kier alpha value is -1.79. The Morgan fingerprint density at radius 1 is 1.00 bits per heavy atom. The second kappa shape index (κ2) is 8.48. The van der Waals surface area contributed by atoms with Crippen molar-refractivity contribution < 1.29 is 21.6 Å². The van der Waals surface area contributed by atoms with Gasteiger partial charge in [-0.1, -0.05) is 18.2 Å². The monoisotopic (exact) mass is 431 g/mol. The first kappa shape index (κ1) is 21.5. The number of amides is 1. The Kier molecular flexibility index (Phi) is 6.76. The Morgan fingerprint density at radius 3 is 2.15 bits per heavy atom. The van der Waals surface area contributed by atoms with Crippen LogP contribution in [0.4, 0.5) is 0 Å². The summed E-state index contributed by atoms with van der Waals surface area (Å²) in [7, 11) is -2.95. The van der Waals surface area contributed by atoms with Gasteiger partial charge >= 0.3 is 0 Å². The second-order valence-electron chi connectivity index (χ2n) is 5.90. The van der Waals surface area contributed by atoms with Gasteiger partial charge in [-0.15, -0.1) is 11.3 Å². The van der Waals surface area contributed by atoms with Crippen LogP contribution in [0, 0.1) is 0 Å². The van der Waals surface area contributed by atoms with Crippen molar-refractivity contribution in [1.82, 2.24) is 13.9 Å². The van der Waals surface area contributed by atoms with E-state index in [2.05, 4.69) is 5.32 Å². The molecule has 148 valence electrons. The van der Waals surface area contributed by atoms with E-state index >= 15 is 0 Å². The molecular formula is C16H21N3O5S3. The fraction of sp³-hybridized carbons (Fsp3) is 0.312. The van der Waals surface area contributed by atoms with Crippen molar-refractivity contribution in [3.8, 4) is 0 Å². The van der Waals surface area contributed by atoms with Gasteiger partial charge in [-0.3, -0.25) is 4.79 Å². The van der Waals surface area contributed by atoms with E-state index in [1.807, 2.05) is 0 Å². The van der Waals surface area contributed by atoms with Crippen molar-refractivity contribution >= 4 is 37.3 Å². The Morgan fingerprint density at radius 2 is 1.63 bits per heavy atom. The first-order valence-electron chi connectivity index (χ1n) is 7.83. The fourth-order valence-corrected chi connectivity index (χ4v) is 5.33. The lowest BCUT2D eigenvalue weighted by Crippen LogP contribution is -2.37. The van der Waals surface area contributed by atoms with Crippen LogP contribution >= 0.6 is 11.3 Å². The van der Waals surface area contributed by atoms with E-state index in [1.54, 1.807) is 23.6 Å². The van der Waals surface area contributed by atoms with Gasteiger partial charge in [-0.25, -0.2) is 21.1 Å². The molecule has 1 N–H and O–H groups in total. The number of hydrogen-bond acceptors (Lipinski definition) is 6. The average Bonchev–Trinajstić information content (AvgIpc) is 3.15. The smallest absolute Gasteiger partial charge is 0.252 e. The summed E-state index contributed by atoms with van der Waals surface area (Å²) < 4.78 is 50.9. The van der Waals surface area contributed by atoms with Crippen LogP contribution in [0.5, 0.6) is 0 Å². The van der Waals surface area contributed by atoms with Crippen LogP contribution in [0.1, 0.15) is 5.56 Å². The molecule has 1 aromatic carbocycles. The zero-order valence-electron chi connectivity index (χ0n) is 15.1. The summed E-state index contributed by atoms with van der Waals surface area (Å²) in [4.78, 5) is 12.2. The van der Waals surface area contributed by atoms with E-state index in [4.69, 9.17) is 0 Å². The maximum Gasteiger partial charge on any atom is 0.252 e. The van der Waals surface area contributed by atoms with Gasteiger partial charge < -0.3 is 5.32 Å². The van der Waals surface area contributed by atoms with Crippen molar-refractivity contribution in [3.63, 3.8) is 0 Å². The quantitative estimate of drug-likeness (QED) is 0.670. The Bertz CT molecular complexity index is 982. The minimum atomic E-state index is -3.68. The zero-order chi connectivity index (χ0) is 20.2. The highest BCUT2D eigenvalue weighted by Crippen LogP contribution is 2.19. The van der Waals surface area contributed by atoms with Crippen LogP contribution in [-0.2, 0) is 31.4 Å². The number of likely N-dealkylation sites (N-methyl/N-ethyl adjacent to an activating group) is 1. The minimum absolute atomic E-state index is 0.157. The predicted octanol–water partition coefficient (Wildman–Crippen LogP) is 0.935. The van der Waals surface area contributed by atoms with Gasteiger partial charge in [-0.2, -0.15) is 4.31 Å². The third-order valence-corrected chi connectivity index (χ3v) is 8.72. The molecule has 0 aliphatic heterocycles. The number of sulfonamides is 2. The summed E-state index contributed by atoms with van der Waals surface area (Å²) in [6.07, 6.45) is 0. The van der Waals surface area contributed by atoms with Gasteiger partial charge in [0.05, 0.1) is 11.4 Å². The molecule has 1 aromatic heterocycles. The molecule has 2 aromatic rings. The molecule has 2 rings (SSSR count). The number of carbonyl (C=O) groups excluding carboxylic acids is 1. The van der Waals surface area contributed by atoms with Crippen LogP contribution in [-0.4, -0.2) is 59.0 Å². The highest BCUT2D eigenvalue weighted by atomic mass is 32.2. The van der Waals surface area contributed by atoms with Gasteiger partial charge in [0.15, 0.2) is 0 Å². The summed E-state index contributed by atoms with van der Waals surface area (Å²) in [6, 6.07) is 9.24. The molecule has 0 saturated carbocycles. The molecule has 11 heteroatoms. The number of nitrogens with zero attached hydrogens (tertiary/aromatic N) is 2. The van der Waals surface area contributed by atoms with Gasteiger partial charge in [-0.05, 0) is 29.1 Å². The van der Waals surface area contributed by atoms with Gasteiger partial charge in [0.25, 0.3) is 10.0 Å². The van der Waals surface area contributed by atoms with E-state index in [9.17, 15) is 21.6 Å². The maximum absolute atomic E-state index is 12.3. The van der Waals surface area contributed by atoms with E-state index in [0.29, 0.717) is 5.56 Å². The number of rotatable bonds is 8. The van der Waals surface area contributed by atoms with Crippen LogP contribution < -0.4 is 5.32 Å². The van der Waals surface area contributed by atoms with Crippen LogP contribution in [0.25, 0.3) is 0 Å². The van der Waals surface area contributed by atoms with E-state index < -0.39 is 26.0 Å². The summed E-state index contributed by atoms with van der Waals surface area (Å²) in [5.74, 6) is -0.456. The Labute approximate surface area is 163 Å². The molecule has 0 radical (unpaired) electrons. The maximum atomic E-state index is 12.3. The molecule has 0 bridgehead atoms. The minimum Gasteiger partial charge on any atom is -0.351 e. The van der Waals surface area contributed by atoms with Crippen LogP contribution in [0.3, 0.4) is 0 Å². The summed E-state index contributed by atoms with van der Waals surface area (Å²) in [6.45, 7) is -0.151. The van der Waals surface area contributed by atoms with Crippen LogP contribution in [0.15, 0.2) is 50.9 Å². The van der Waals surface area contributed by atoms with Crippen molar-refractivity contribution in [2.24, 2.45) is 0 Å². The molecule has 1 heterocycles. The summed E-state index contributed by atoms with van der Waals surface area (Å²) in [5.41, 5.74) is 0.699. The highest BCUT2D eigenvalue weighted by Gasteiger charge is 2.23. The van der Waals surface area contributed by atoms with Gasteiger partial charge in [0.1, 0.15) is 4.21 Å². The summed E-state index contributed by atoms with van der Waals surface area (Å²) in [5, 5.41) is 4.28. The number of thiophene rings is 1. The molecule has 8 nitrogen and oxygen atoms in total. The lowest BCUT2D eigenvalue weighted by Gasteiger charge is -2.16. The average molecular weight is 432 g/mol. The largest absolute Gasteiger partial charge is 0.351 e. The summed E-state index contributed by atoms with van der Waals surface area (Å²) >= 11 is 1.09. The van der Waals surface area contributed by atoms with E-state index in [-0.39, 0.29) is 22.2 Å². The molecular weight excluding hydrogens is 410 g/mol. The molecule has 0 atom stereocenters. The van der Waals surface area contributed by atoms with Crippen molar-refractivity contribution in [1.29, 1.82) is 0 Å². The first-order valence-corrected chi connectivity index (χ1v) is 11.6. The van der Waals surface area contributed by atoms with Crippen molar-refractivity contribution in [2.45, 2.75) is 15.6 Å². The normalized spacial score (nSPS) is 12.5. The standard InChI is InChI=1S/C16H21N3O5S3/c1-18(2)26(21,22)14-8-6-13(7-9-14)11-17-15(20)12-19(3)27(23,24)16-5-4-10-25-16/h4-10H,11-12H2,1-3H3,(H,17,20). The molecule has 0 aliphatic carbocycles. The number of carbonyl (C=O) groups is 1. The van der Waals surface area contributed by atoms with Crippen LogP contribution in [0.2, 0.25) is 0 Å². The molecule has 0 fully saturated rings. The molecule has 0 unspecified atom stereocenters. The zero-order valence-corrected chi connectivity index (χ0v) is 17.6.